The lowest BCUT2D eigenvalue weighted by molar-refractivity contribution is 0.600. The number of nitrogens with one attached hydrogen (secondary N) is 1. The lowest BCUT2D eigenvalue weighted by Gasteiger charge is -2.13. The molecule has 5 nitrogen and oxygen atoms in total. The number of hydrogen-bond acceptors (Lipinski definition) is 4. The Morgan fingerprint density at radius 3 is 2.62 bits per heavy atom. The molecule has 0 spiro atoms. The first kappa shape index (κ1) is 15.3. The number of benzene rings is 1. The minimum Gasteiger partial charge on any atom is -0.398 e. The van der Waals surface area contributed by atoms with E-state index in [1.54, 1.807) is 31.3 Å². The van der Waals surface area contributed by atoms with Crippen LogP contribution in [0.4, 0.5) is 11.4 Å². The molecule has 0 aliphatic rings. The third-order valence-corrected chi connectivity index (χ3v) is 4.62. The molecule has 21 heavy (non-hydrogen) atoms. The van der Waals surface area contributed by atoms with E-state index in [0.29, 0.717) is 17.8 Å². The average molecular weight is 305 g/mol. The van der Waals surface area contributed by atoms with Crippen LogP contribution in [0.5, 0.6) is 0 Å². The highest BCUT2D eigenvalue weighted by Gasteiger charge is 2.14. The molecule has 0 aliphatic carbocycles. The first-order valence-corrected chi connectivity index (χ1v) is 8.30. The molecule has 2 aromatic rings. The highest BCUT2D eigenvalue weighted by Crippen LogP contribution is 2.25. The van der Waals surface area contributed by atoms with Gasteiger partial charge in [0.25, 0.3) is 0 Å². The number of anilines is 2. The highest BCUT2D eigenvalue weighted by atomic mass is 32.2. The molecular formula is C15H19N3O2S. The molecule has 1 aromatic heterocycles. The summed E-state index contributed by atoms with van der Waals surface area (Å²) >= 11 is 0. The molecule has 1 heterocycles. The first-order valence-electron chi connectivity index (χ1n) is 6.65. The van der Waals surface area contributed by atoms with Gasteiger partial charge in [-0.3, -0.25) is 9.71 Å². The Balaban J connectivity index is 2.10. The third kappa shape index (κ3) is 3.95. The van der Waals surface area contributed by atoms with Crippen LogP contribution < -0.4 is 10.5 Å². The molecule has 0 aliphatic heterocycles. The lowest BCUT2D eigenvalue weighted by Crippen LogP contribution is -2.19. The molecule has 0 radical (unpaired) electrons. The zero-order valence-electron chi connectivity index (χ0n) is 12.1. The van der Waals surface area contributed by atoms with Gasteiger partial charge < -0.3 is 5.73 Å². The molecule has 0 fully saturated rings. The SMILES string of the molecule is Cc1ccc(NS(=O)(=O)CCc2ccccn2)c(C)c1N. The maximum atomic E-state index is 12.1. The number of nitrogens with zero attached hydrogens (tertiary/aromatic N) is 1. The van der Waals surface area contributed by atoms with E-state index in [2.05, 4.69) is 9.71 Å². The van der Waals surface area contributed by atoms with Gasteiger partial charge in [0, 0.05) is 24.0 Å². The quantitative estimate of drug-likeness (QED) is 0.830. The van der Waals surface area contributed by atoms with E-state index in [1.807, 2.05) is 19.1 Å². The number of rotatable bonds is 5. The Labute approximate surface area is 125 Å². The predicted molar refractivity (Wildman–Crippen MR) is 85.7 cm³/mol. The number of nitrogen functional groups attached to an aromatic ring is 1. The summed E-state index contributed by atoms with van der Waals surface area (Å²) in [5, 5.41) is 0. The number of aromatic nitrogens is 1. The number of sulfonamides is 1. The molecule has 0 unspecified atom stereocenters. The van der Waals surface area contributed by atoms with E-state index in [1.165, 1.54) is 0 Å². The van der Waals surface area contributed by atoms with Crippen molar-refractivity contribution >= 4 is 21.4 Å². The van der Waals surface area contributed by atoms with Crippen molar-refractivity contribution in [2.24, 2.45) is 0 Å². The fraction of sp³-hybridized carbons (Fsp3) is 0.267. The number of pyridine rings is 1. The van der Waals surface area contributed by atoms with Crippen molar-refractivity contribution < 1.29 is 8.42 Å². The predicted octanol–water partition coefficient (Wildman–Crippen LogP) is 2.27. The van der Waals surface area contributed by atoms with Crippen LogP contribution in [0.25, 0.3) is 0 Å². The van der Waals surface area contributed by atoms with Gasteiger partial charge in [-0.15, -0.1) is 0 Å². The Morgan fingerprint density at radius 2 is 1.95 bits per heavy atom. The van der Waals surface area contributed by atoms with Crippen LogP contribution in [0.2, 0.25) is 0 Å². The van der Waals surface area contributed by atoms with Gasteiger partial charge in [-0.2, -0.15) is 0 Å². The second-order valence-electron chi connectivity index (χ2n) is 4.96. The Bertz CT molecular complexity index is 728. The molecule has 3 N–H and O–H groups in total. The fourth-order valence-corrected chi connectivity index (χ4v) is 3.11. The van der Waals surface area contributed by atoms with Crippen LogP contribution in [0.15, 0.2) is 36.5 Å². The first-order chi connectivity index (χ1) is 9.89. The Morgan fingerprint density at radius 1 is 1.19 bits per heavy atom. The largest absolute Gasteiger partial charge is 0.398 e. The third-order valence-electron chi connectivity index (χ3n) is 3.35. The fourth-order valence-electron chi connectivity index (χ4n) is 1.98. The van der Waals surface area contributed by atoms with E-state index < -0.39 is 10.0 Å². The summed E-state index contributed by atoms with van der Waals surface area (Å²) in [5.74, 6) is -0.0166. The van der Waals surface area contributed by atoms with Gasteiger partial charge in [-0.05, 0) is 43.2 Å². The van der Waals surface area contributed by atoms with E-state index >= 15 is 0 Å². The lowest BCUT2D eigenvalue weighted by atomic mass is 10.1. The van der Waals surface area contributed by atoms with E-state index in [4.69, 9.17) is 5.73 Å². The van der Waals surface area contributed by atoms with E-state index in [-0.39, 0.29) is 5.75 Å². The molecule has 1 aromatic carbocycles. The van der Waals surface area contributed by atoms with Crippen molar-refractivity contribution in [2.45, 2.75) is 20.3 Å². The zero-order chi connectivity index (χ0) is 15.5. The van der Waals surface area contributed by atoms with Gasteiger partial charge in [0.05, 0.1) is 11.4 Å². The summed E-state index contributed by atoms with van der Waals surface area (Å²) in [4.78, 5) is 4.12. The van der Waals surface area contributed by atoms with Crippen LogP contribution >= 0.6 is 0 Å². The van der Waals surface area contributed by atoms with Crippen molar-refractivity contribution in [1.82, 2.24) is 4.98 Å². The molecule has 2 rings (SSSR count). The molecule has 0 atom stereocenters. The maximum absolute atomic E-state index is 12.1. The molecular weight excluding hydrogens is 286 g/mol. The number of hydrogen-bond donors (Lipinski definition) is 2. The van der Waals surface area contributed by atoms with Crippen LogP contribution in [0, 0.1) is 13.8 Å². The molecule has 6 heteroatoms. The summed E-state index contributed by atoms with van der Waals surface area (Å²) in [6, 6.07) is 8.99. The smallest absolute Gasteiger partial charge is 0.233 e. The average Bonchev–Trinajstić information content (AvgIpc) is 2.47. The molecule has 112 valence electrons. The van der Waals surface area contributed by atoms with Gasteiger partial charge >= 0.3 is 0 Å². The number of nitrogens with two attached hydrogens (primary N) is 1. The van der Waals surface area contributed by atoms with Crippen molar-refractivity contribution in [3.05, 3.63) is 53.3 Å². The maximum Gasteiger partial charge on any atom is 0.233 e. The van der Waals surface area contributed by atoms with Crippen molar-refractivity contribution in [1.29, 1.82) is 0 Å². The summed E-state index contributed by atoms with van der Waals surface area (Å²) in [6.07, 6.45) is 2.02. The monoisotopic (exact) mass is 305 g/mol. The Kier molecular flexibility index (Phi) is 4.47. The van der Waals surface area contributed by atoms with Gasteiger partial charge in [-0.25, -0.2) is 8.42 Å². The normalized spacial score (nSPS) is 11.3. The van der Waals surface area contributed by atoms with Gasteiger partial charge in [0.15, 0.2) is 0 Å². The second-order valence-corrected chi connectivity index (χ2v) is 6.80. The van der Waals surface area contributed by atoms with Gasteiger partial charge in [0.1, 0.15) is 0 Å². The van der Waals surface area contributed by atoms with Crippen molar-refractivity contribution in [2.75, 3.05) is 16.2 Å². The number of aryl methyl sites for hydroxylation is 2. The minimum atomic E-state index is -3.43. The van der Waals surface area contributed by atoms with Gasteiger partial charge in [-0.1, -0.05) is 12.1 Å². The van der Waals surface area contributed by atoms with E-state index in [9.17, 15) is 8.42 Å². The van der Waals surface area contributed by atoms with Crippen molar-refractivity contribution in [3.63, 3.8) is 0 Å². The van der Waals surface area contributed by atoms with E-state index in [0.717, 1.165) is 16.8 Å². The molecule has 0 bridgehead atoms. The second kappa shape index (κ2) is 6.13. The van der Waals surface area contributed by atoms with Crippen LogP contribution in [0.3, 0.4) is 0 Å². The highest BCUT2D eigenvalue weighted by molar-refractivity contribution is 7.92. The molecule has 0 saturated carbocycles. The minimum absolute atomic E-state index is 0.0166. The van der Waals surface area contributed by atoms with Crippen molar-refractivity contribution in [3.8, 4) is 0 Å². The van der Waals surface area contributed by atoms with Crippen LogP contribution in [-0.4, -0.2) is 19.2 Å². The topological polar surface area (TPSA) is 85.1 Å². The van der Waals surface area contributed by atoms with Gasteiger partial charge in [0.2, 0.25) is 10.0 Å². The van der Waals surface area contributed by atoms with Crippen LogP contribution in [0.1, 0.15) is 16.8 Å². The zero-order valence-corrected chi connectivity index (χ0v) is 12.9. The standard InChI is InChI=1S/C15H19N3O2S/c1-11-6-7-14(12(2)15(11)16)18-21(19,20)10-8-13-5-3-4-9-17-13/h3-7,9,18H,8,10,16H2,1-2H3. The molecule has 0 amide bonds. The summed E-state index contributed by atoms with van der Waals surface area (Å²) in [7, 11) is -3.43. The summed E-state index contributed by atoms with van der Waals surface area (Å²) < 4.78 is 26.9. The molecule has 0 saturated heterocycles. The summed E-state index contributed by atoms with van der Waals surface area (Å²) in [5.41, 5.74) is 9.49. The van der Waals surface area contributed by atoms with Crippen LogP contribution in [-0.2, 0) is 16.4 Å². The summed E-state index contributed by atoms with van der Waals surface area (Å²) in [6.45, 7) is 3.70. The Hall–Kier alpha value is -2.08.